The Bertz CT molecular complexity index is 468. The Balaban J connectivity index is 0.00000484. The molecular formula is C18H30ClNO3. The molecular weight excluding hydrogens is 314 g/mol. The summed E-state index contributed by atoms with van der Waals surface area (Å²) in [5.74, 6) is 0.859. The third-order valence-electron chi connectivity index (χ3n) is 3.56. The summed E-state index contributed by atoms with van der Waals surface area (Å²) in [6, 6.07) is 7.53. The second-order valence-electron chi connectivity index (χ2n) is 6.63. The lowest BCUT2D eigenvalue weighted by molar-refractivity contribution is -0.159. The molecule has 23 heavy (non-hydrogen) atoms. The van der Waals surface area contributed by atoms with E-state index in [1.807, 2.05) is 45.0 Å². The highest BCUT2D eigenvalue weighted by Crippen LogP contribution is 2.16. The van der Waals surface area contributed by atoms with E-state index >= 15 is 0 Å². The van der Waals surface area contributed by atoms with E-state index in [4.69, 9.17) is 9.47 Å². The first kappa shape index (κ1) is 21.7. The van der Waals surface area contributed by atoms with Gasteiger partial charge in [-0.1, -0.05) is 32.4 Å². The Morgan fingerprint density at radius 1 is 1.22 bits per heavy atom. The van der Waals surface area contributed by atoms with Gasteiger partial charge in [0.1, 0.15) is 17.4 Å². The number of nitrogens with one attached hydrogen (secondary N) is 1. The molecule has 0 saturated heterocycles. The molecule has 5 heteroatoms. The van der Waals surface area contributed by atoms with Gasteiger partial charge in [-0.25, -0.2) is 0 Å². The van der Waals surface area contributed by atoms with E-state index in [-0.39, 0.29) is 30.3 Å². The van der Waals surface area contributed by atoms with Crippen LogP contribution in [0.3, 0.4) is 0 Å². The monoisotopic (exact) mass is 343 g/mol. The van der Waals surface area contributed by atoms with Crippen molar-refractivity contribution in [3.8, 4) is 5.75 Å². The third-order valence-corrected chi connectivity index (χ3v) is 3.56. The van der Waals surface area contributed by atoms with Crippen molar-refractivity contribution in [3.63, 3.8) is 0 Å². The number of hydrogen-bond donors (Lipinski definition) is 1. The van der Waals surface area contributed by atoms with Gasteiger partial charge in [-0.05, 0) is 44.4 Å². The number of carbonyl (C=O) groups is 1. The summed E-state index contributed by atoms with van der Waals surface area (Å²) in [5.41, 5.74) is 0.641. The molecule has 0 aromatic heterocycles. The van der Waals surface area contributed by atoms with Crippen molar-refractivity contribution in [2.75, 3.05) is 7.11 Å². The van der Waals surface area contributed by atoms with Crippen molar-refractivity contribution >= 4 is 18.4 Å². The van der Waals surface area contributed by atoms with E-state index in [1.165, 1.54) is 0 Å². The Morgan fingerprint density at radius 2 is 1.78 bits per heavy atom. The molecule has 0 fully saturated rings. The van der Waals surface area contributed by atoms with Crippen molar-refractivity contribution in [2.24, 2.45) is 5.92 Å². The maximum Gasteiger partial charge on any atom is 0.323 e. The molecule has 1 N–H and O–H groups in total. The minimum absolute atomic E-state index is 0. The molecule has 1 rings (SSSR count). The van der Waals surface area contributed by atoms with E-state index in [9.17, 15) is 4.79 Å². The quantitative estimate of drug-likeness (QED) is 0.761. The van der Waals surface area contributed by atoms with Crippen LogP contribution in [0.1, 0.15) is 46.6 Å². The Hall–Kier alpha value is -1.26. The first-order valence-corrected chi connectivity index (χ1v) is 7.86. The molecule has 0 amide bonds. The van der Waals surface area contributed by atoms with Crippen LogP contribution in [-0.2, 0) is 16.1 Å². The SMILES string of the molecule is CC[C@H](C)[C@H](NCc1ccc(OC)cc1)C(=O)OC(C)(C)C.Cl. The van der Waals surface area contributed by atoms with E-state index in [0.717, 1.165) is 17.7 Å². The van der Waals surface area contributed by atoms with Crippen LogP contribution in [0, 0.1) is 5.92 Å². The fourth-order valence-corrected chi connectivity index (χ4v) is 2.09. The topological polar surface area (TPSA) is 47.6 Å². The predicted octanol–water partition coefficient (Wildman–Crippen LogP) is 3.96. The molecule has 1 aromatic carbocycles. The number of esters is 1. The first-order valence-electron chi connectivity index (χ1n) is 7.86. The molecule has 132 valence electrons. The van der Waals surface area contributed by atoms with Crippen molar-refractivity contribution in [1.29, 1.82) is 0 Å². The molecule has 0 aliphatic carbocycles. The van der Waals surface area contributed by atoms with Crippen LogP contribution in [0.4, 0.5) is 0 Å². The van der Waals surface area contributed by atoms with Crippen LogP contribution in [0.5, 0.6) is 5.75 Å². The molecule has 0 aliphatic heterocycles. The smallest absolute Gasteiger partial charge is 0.323 e. The van der Waals surface area contributed by atoms with Crippen LogP contribution in [-0.4, -0.2) is 24.7 Å². The van der Waals surface area contributed by atoms with E-state index in [0.29, 0.717) is 6.54 Å². The van der Waals surface area contributed by atoms with Gasteiger partial charge in [0.25, 0.3) is 0 Å². The molecule has 1 aromatic rings. The van der Waals surface area contributed by atoms with E-state index in [2.05, 4.69) is 19.2 Å². The molecule has 2 atom stereocenters. The number of hydrogen-bond acceptors (Lipinski definition) is 4. The van der Waals surface area contributed by atoms with Crippen LogP contribution < -0.4 is 10.1 Å². The standard InChI is InChI=1S/C18H29NO3.ClH/c1-7-13(2)16(17(20)22-18(3,4)5)19-12-14-8-10-15(21-6)11-9-14;/h8-11,13,16,19H,7,12H2,1-6H3;1H/t13-,16-;/m0./s1. The van der Waals surface area contributed by atoms with Gasteiger partial charge >= 0.3 is 5.97 Å². The average molecular weight is 344 g/mol. The molecule has 0 unspecified atom stereocenters. The molecule has 0 spiro atoms. The lowest BCUT2D eigenvalue weighted by Crippen LogP contribution is -2.45. The van der Waals surface area contributed by atoms with Crippen molar-refractivity contribution in [2.45, 2.75) is 59.2 Å². The van der Waals surface area contributed by atoms with Gasteiger partial charge in [-0.2, -0.15) is 0 Å². The molecule has 0 radical (unpaired) electrons. The number of ether oxygens (including phenoxy) is 2. The number of methoxy groups -OCH3 is 1. The minimum Gasteiger partial charge on any atom is -0.497 e. The summed E-state index contributed by atoms with van der Waals surface area (Å²) in [6.07, 6.45) is 0.916. The highest BCUT2D eigenvalue weighted by Gasteiger charge is 2.28. The van der Waals surface area contributed by atoms with Crippen molar-refractivity contribution in [1.82, 2.24) is 5.32 Å². The third kappa shape index (κ3) is 7.71. The largest absolute Gasteiger partial charge is 0.497 e. The number of benzene rings is 1. The van der Waals surface area contributed by atoms with Crippen molar-refractivity contribution in [3.05, 3.63) is 29.8 Å². The molecule has 4 nitrogen and oxygen atoms in total. The Labute approximate surface area is 146 Å². The second-order valence-corrected chi connectivity index (χ2v) is 6.63. The average Bonchev–Trinajstić information content (AvgIpc) is 2.46. The predicted molar refractivity (Wildman–Crippen MR) is 96.2 cm³/mol. The first-order chi connectivity index (χ1) is 10.3. The van der Waals surface area contributed by atoms with E-state index in [1.54, 1.807) is 7.11 Å². The lowest BCUT2D eigenvalue weighted by atomic mass is 9.98. The zero-order valence-corrected chi connectivity index (χ0v) is 15.8. The summed E-state index contributed by atoms with van der Waals surface area (Å²) in [7, 11) is 1.65. The highest BCUT2D eigenvalue weighted by molar-refractivity contribution is 5.85. The molecule has 0 aliphatic rings. The molecule has 0 heterocycles. The van der Waals surface area contributed by atoms with Gasteiger partial charge in [-0.15, -0.1) is 12.4 Å². The Morgan fingerprint density at radius 3 is 2.22 bits per heavy atom. The summed E-state index contributed by atoms with van der Waals surface area (Å²) in [5, 5.41) is 3.33. The highest BCUT2D eigenvalue weighted by atomic mass is 35.5. The summed E-state index contributed by atoms with van der Waals surface area (Å²) < 4.78 is 10.7. The van der Waals surface area contributed by atoms with E-state index < -0.39 is 5.60 Å². The van der Waals surface area contributed by atoms with Gasteiger partial charge in [0, 0.05) is 6.54 Å². The molecule has 0 bridgehead atoms. The Kier molecular flexibility index (Phi) is 9.25. The number of carbonyl (C=O) groups excluding carboxylic acids is 1. The van der Waals surface area contributed by atoms with Gasteiger partial charge < -0.3 is 14.8 Å². The fraction of sp³-hybridized carbons (Fsp3) is 0.611. The van der Waals surface area contributed by atoms with Crippen LogP contribution in [0.2, 0.25) is 0 Å². The molecule has 0 saturated carbocycles. The number of rotatable bonds is 7. The van der Waals surface area contributed by atoms with Gasteiger partial charge in [0.05, 0.1) is 7.11 Å². The number of halogens is 1. The van der Waals surface area contributed by atoms with Crippen LogP contribution >= 0.6 is 12.4 Å². The maximum absolute atomic E-state index is 12.4. The second kappa shape index (κ2) is 9.78. The van der Waals surface area contributed by atoms with Crippen LogP contribution in [0.25, 0.3) is 0 Å². The summed E-state index contributed by atoms with van der Waals surface area (Å²) >= 11 is 0. The summed E-state index contributed by atoms with van der Waals surface area (Å²) in [6.45, 7) is 10.4. The zero-order chi connectivity index (χ0) is 16.8. The lowest BCUT2D eigenvalue weighted by Gasteiger charge is -2.27. The van der Waals surface area contributed by atoms with Crippen LogP contribution in [0.15, 0.2) is 24.3 Å². The van der Waals surface area contributed by atoms with Crippen molar-refractivity contribution < 1.29 is 14.3 Å². The van der Waals surface area contributed by atoms with Gasteiger partial charge in [-0.3, -0.25) is 4.79 Å². The zero-order valence-electron chi connectivity index (χ0n) is 15.0. The van der Waals surface area contributed by atoms with Gasteiger partial charge in [0.2, 0.25) is 0 Å². The normalized spacial score (nSPS) is 13.7. The van der Waals surface area contributed by atoms with Gasteiger partial charge in [0.15, 0.2) is 0 Å². The fourth-order valence-electron chi connectivity index (χ4n) is 2.09. The summed E-state index contributed by atoms with van der Waals surface area (Å²) in [4.78, 5) is 12.4. The minimum atomic E-state index is -0.468. The maximum atomic E-state index is 12.4.